The zero-order valence-corrected chi connectivity index (χ0v) is 17.1. The zero-order valence-electron chi connectivity index (χ0n) is 14.8. The number of aromatic nitrogens is 2. The van der Waals surface area contributed by atoms with Crippen LogP contribution in [-0.4, -0.2) is 34.5 Å². The third-order valence-electron chi connectivity index (χ3n) is 4.19. The highest BCUT2D eigenvalue weighted by atomic mass is 127. The van der Waals surface area contributed by atoms with Gasteiger partial charge in [-0.1, -0.05) is 24.3 Å². The fraction of sp³-hybridized carbons (Fsp3) is 0.263. The number of pyridine rings is 1. The van der Waals surface area contributed by atoms with Crippen molar-refractivity contribution in [2.75, 3.05) is 14.1 Å². The fourth-order valence-electron chi connectivity index (χ4n) is 2.85. The molecule has 0 radical (unpaired) electrons. The zero-order chi connectivity index (χ0) is 16.9. The van der Waals surface area contributed by atoms with Crippen molar-refractivity contribution in [1.29, 1.82) is 0 Å². The molecule has 132 valence electrons. The predicted molar refractivity (Wildman–Crippen MR) is 114 cm³/mol. The largest absolute Gasteiger partial charge is 0.353 e. The molecule has 2 heterocycles. The summed E-state index contributed by atoms with van der Waals surface area (Å²) in [5.41, 5.74) is 2.27. The summed E-state index contributed by atoms with van der Waals surface area (Å²) in [6, 6.07) is 14.5. The van der Waals surface area contributed by atoms with Crippen LogP contribution in [0.3, 0.4) is 0 Å². The third-order valence-corrected chi connectivity index (χ3v) is 4.19. The van der Waals surface area contributed by atoms with E-state index in [-0.39, 0.29) is 24.0 Å². The summed E-state index contributed by atoms with van der Waals surface area (Å²) in [6.45, 7) is 1.44. The lowest BCUT2D eigenvalue weighted by Gasteiger charge is -2.22. The van der Waals surface area contributed by atoms with Crippen LogP contribution in [0, 0.1) is 0 Å². The molecule has 1 aromatic carbocycles. The maximum absolute atomic E-state index is 4.52. The molecule has 3 aromatic rings. The highest BCUT2D eigenvalue weighted by molar-refractivity contribution is 14.0. The van der Waals surface area contributed by atoms with Gasteiger partial charge in [0.25, 0.3) is 0 Å². The van der Waals surface area contributed by atoms with Crippen LogP contribution >= 0.6 is 24.0 Å². The fourth-order valence-corrected chi connectivity index (χ4v) is 2.85. The topological polar surface area (TPSA) is 45.5 Å². The Hall–Kier alpha value is -2.09. The minimum atomic E-state index is 0. The maximum Gasteiger partial charge on any atom is 0.194 e. The van der Waals surface area contributed by atoms with Crippen molar-refractivity contribution in [3.8, 4) is 0 Å². The normalized spacial score (nSPS) is 11.2. The molecule has 0 spiro atoms. The average Bonchev–Trinajstić information content (AvgIpc) is 3.00. The van der Waals surface area contributed by atoms with E-state index in [4.69, 9.17) is 0 Å². The van der Waals surface area contributed by atoms with Crippen molar-refractivity contribution in [3.63, 3.8) is 0 Å². The van der Waals surface area contributed by atoms with Crippen LogP contribution in [0.15, 0.2) is 59.9 Å². The number of halogens is 1. The molecule has 0 aliphatic carbocycles. The number of fused-ring (bicyclic) bond motifs is 1. The van der Waals surface area contributed by atoms with Crippen molar-refractivity contribution in [1.82, 2.24) is 19.8 Å². The number of guanidine groups is 1. The first-order valence-electron chi connectivity index (χ1n) is 8.03. The Balaban J connectivity index is 0.00000225. The highest BCUT2D eigenvalue weighted by Crippen LogP contribution is 2.16. The van der Waals surface area contributed by atoms with Crippen LogP contribution in [0.25, 0.3) is 10.8 Å². The van der Waals surface area contributed by atoms with E-state index in [1.807, 2.05) is 31.4 Å². The Morgan fingerprint density at radius 2 is 2.00 bits per heavy atom. The van der Waals surface area contributed by atoms with E-state index in [2.05, 4.69) is 62.3 Å². The number of aliphatic imine (C=N–C) groups is 1. The van der Waals surface area contributed by atoms with Gasteiger partial charge in [-0.2, -0.15) is 0 Å². The standard InChI is InChI=1S/C19H23N5.HI/c1-20-19(24(3)14-16-8-6-12-23(16)2)22-13-18-17-9-5-4-7-15(17)10-11-21-18;/h4-12H,13-14H2,1-3H3,(H,20,22);1H. The molecule has 0 bridgehead atoms. The lowest BCUT2D eigenvalue weighted by molar-refractivity contribution is 0.461. The predicted octanol–water partition coefficient (Wildman–Crippen LogP) is 3.40. The minimum Gasteiger partial charge on any atom is -0.353 e. The number of hydrogen-bond donors (Lipinski definition) is 1. The lowest BCUT2D eigenvalue weighted by Crippen LogP contribution is -2.38. The van der Waals surface area contributed by atoms with E-state index >= 15 is 0 Å². The van der Waals surface area contributed by atoms with Crippen molar-refractivity contribution in [2.45, 2.75) is 13.1 Å². The molecule has 2 aromatic heterocycles. The number of hydrogen-bond acceptors (Lipinski definition) is 2. The monoisotopic (exact) mass is 449 g/mol. The van der Waals surface area contributed by atoms with Gasteiger partial charge in [-0.05, 0) is 23.6 Å². The molecule has 5 nitrogen and oxygen atoms in total. The Morgan fingerprint density at radius 1 is 1.20 bits per heavy atom. The van der Waals surface area contributed by atoms with Gasteiger partial charge in [0, 0.05) is 44.6 Å². The van der Waals surface area contributed by atoms with Crippen molar-refractivity contribution >= 4 is 40.7 Å². The summed E-state index contributed by atoms with van der Waals surface area (Å²) < 4.78 is 2.12. The van der Waals surface area contributed by atoms with Crippen LogP contribution in [0.2, 0.25) is 0 Å². The van der Waals surface area contributed by atoms with E-state index in [1.165, 1.54) is 16.5 Å². The van der Waals surface area contributed by atoms with Crippen LogP contribution in [0.1, 0.15) is 11.4 Å². The van der Waals surface area contributed by atoms with Gasteiger partial charge < -0.3 is 14.8 Å². The lowest BCUT2D eigenvalue weighted by atomic mass is 10.1. The first kappa shape index (κ1) is 19.2. The molecule has 0 fully saturated rings. The van der Waals surface area contributed by atoms with Gasteiger partial charge in [0.2, 0.25) is 0 Å². The molecule has 6 heteroatoms. The first-order valence-corrected chi connectivity index (χ1v) is 8.03. The molecule has 0 atom stereocenters. The maximum atomic E-state index is 4.52. The number of benzene rings is 1. The molecule has 3 rings (SSSR count). The summed E-state index contributed by atoms with van der Waals surface area (Å²) in [4.78, 5) is 11.0. The highest BCUT2D eigenvalue weighted by Gasteiger charge is 2.09. The SMILES string of the molecule is CN=C(NCc1nccc2ccccc12)N(C)Cc1cccn1C.I. The second-order valence-corrected chi connectivity index (χ2v) is 5.85. The van der Waals surface area contributed by atoms with Gasteiger partial charge in [0.05, 0.1) is 18.8 Å². The molecule has 1 N–H and O–H groups in total. The van der Waals surface area contributed by atoms with Gasteiger partial charge in [-0.3, -0.25) is 9.98 Å². The Kier molecular flexibility index (Phi) is 6.81. The molecular weight excluding hydrogens is 425 g/mol. The molecule has 0 aliphatic rings. The van der Waals surface area contributed by atoms with Crippen molar-refractivity contribution in [3.05, 3.63) is 66.2 Å². The second-order valence-electron chi connectivity index (χ2n) is 5.85. The number of nitrogens with one attached hydrogen (secondary N) is 1. The molecule has 0 saturated carbocycles. The number of nitrogens with zero attached hydrogens (tertiary/aromatic N) is 4. The third kappa shape index (κ3) is 4.50. The van der Waals surface area contributed by atoms with E-state index < -0.39 is 0 Å². The van der Waals surface area contributed by atoms with Crippen LogP contribution in [0.5, 0.6) is 0 Å². The molecular formula is C19H24IN5. The summed E-state index contributed by atoms with van der Waals surface area (Å²) in [5.74, 6) is 0.853. The summed E-state index contributed by atoms with van der Waals surface area (Å²) in [5, 5.41) is 5.79. The Bertz CT molecular complexity index is 850. The quantitative estimate of drug-likeness (QED) is 0.378. The van der Waals surface area contributed by atoms with E-state index in [9.17, 15) is 0 Å². The van der Waals surface area contributed by atoms with Gasteiger partial charge in [0.1, 0.15) is 0 Å². The van der Waals surface area contributed by atoms with E-state index in [0.717, 1.165) is 18.2 Å². The molecule has 0 amide bonds. The van der Waals surface area contributed by atoms with Crippen LogP contribution < -0.4 is 5.32 Å². The molecule has 0 unspecified atom stereocenters. The smallest absolute Gasteiger partial charge is 0.194 e. The van der Waals surface area contributed by atoms with Gasteiger partial charge >= 0.3 is 0 Å². The van der Waals surface area contributed by atoms with Gasteiger partial charge in [0.15, 0.2) is 5.96 Å². The van der Waals surface area contributed by atoms with Crippen molar-refractivity contribution in [2.24, 2.45) is 12.0 Å². The van der Waals surface area contributed by atoms with E-state index in [0.29, 0.717) is 6.54 Å². The summed E-state index contributed by atoms with van der Waals surface area (Å²) in [7, 11) is 5.90. The van der Waals surface area contributed by atoms with Gasteiger partial charge in [-0.15, -0.1) is 24.0 Å². The first-order chi connectivity index (χ1) is 11.7. The average molecular weight is 449 g/mol. The van der Waals surface area contributed by atoms with Crippen LogP contribution in [-0.2, 0) is 20.1 Å². The molecule has 0 saturated heterocycles. The summed E-state index contributed by atoms with van der Waals surface area (Å²) >= 11 is 0. The molecule has 0 aliphatic heterocycles. The second kappa shape index (κ2) is 8.84. The minimum absolute atomic E-state index is 0. The number of aryl methyl sites for hydroxylation is 1. The van der Waals surface area contributed by atoms with Gasteiger partial charge in [-0.25, -0.2) is 0 Å². The molecule has 25 heavy (non-hydrogen) atoms. The number of rotatable bonds is 4. The Morgan fingerprint density at radius 3 is 2.72 bits per heavy atom. The Labute approximate surface area is 165 Å². The van der Waals surface area contributed by atoms with Crippen LogP contribution in [0.4, 0.5) is 0 Å². The van der Waals surface area contributed by atoms with E-state index in [1.54, 1.807) is 7.05 Å². The van der Waals surface area contributed by atoms with Crippen molar-refractivity contribution < 1.29 is 0 Å². The summed E-state index contributed by atoms with van der Waals surface area (Å²) in [6.07, 6.45) is 3.91.